The molecule has 0 aliphatic carbocycles. The van der Waals surface area contributed by atoms with E-state index >= 15 is 0 Å². The first kappa shape index (κ1) is 19.6. The summed E-state index contributed by atoms with van der Waals surface area (Å²) < 4.78 is 7.02. The average molecular weight is 496 g/mol. The van der Waals surface area contributed by atoms with E-state index in [1.54, 1.807) is 0 Å². The third kappa shape index (κ3) is 4.34. The standard InChI is InChI=1S/C24H21IN2O2/c1-3-15(2)18-8-13-22-21(14-18)27-24(29-22)17-6-11-20(12-7-17)26-23(28)16-4-9-19(25)10-5-16/h4-15H,3H2,1-2H3,(H,26,28)/t15-/m1/s1. The second-order valence-electron chi connectivity index (χ2n) is 7.09. The predicted octanol–water partition coefficient (Wildman–Crippen LogP) is 6.87. The number of nitrogens with zero attached hydrogens (tertiary/aromatic N) is 1. The molecule has 3 aromatic carbocycles. The van der Waals surface area contributed by atoms with Gasteiger partial charge in [-0.15, -0.1) is 0 Å². The number of fused-ring (bicyclic) bond motifs is 1. The van der Waals surface area contributed by atoms with E-state index < -0.39 is 0 Å². The molecule has 0 radical (unpaired) electrons. The van der Waals surface area contributed by atoms with Crippen molar-refractivity contribution < 1.29 is 9.21 Å². The van der Waals surface area contributed by atoms with E-state index in [0.717, 1.165) is 32.3 Å². The van der Waals surface area contributed by atoms with Crippen molar-refractivity contribution in [3.63, 3.8) is 0 Å². The van der Waals surface area contributed by atoms with Gasteiger partial charge in [0.1, 0.15) is 5.52 Å². The smallest absolute Gasteiger partial charge is 0.255 e. The van der Waals surface area contributed by atoms with Gasteiger partial charge in [-0.25, -0.2) is 4.98 Å². The van der Waals surface area contributed by atoms with Crippen LogP contribution in [0.2, 0.25) is 0 Å². The summed E-state index contributed by atoms with van der Waals surface area (Å²) in [5.74, 6) is 0.945. The van der Waals surface area contributed by atoms with Gasteiger partial charge in [-0.3, -0.25) is 4.79 Å². The van der Waals surface area contributed by atoms with Crippen molar-refractivity contribution >= 4 is 45.3 Å². The molecule has 0 spiro atoms. The fraction of sp³-hybridized carbons (Fsp3) is 0.167. The van der Waals surface area contributed by atoms with Gasteiger partial charge in [0.15, 0.2) is 5.58 Å². The molecule has 0 unspecified atom stereocenters. The highest BCUT2D eigenvalue weighted by molar-refractivity contribution is 14.1. The van der Waals surface area contributed by atoms with E-state index in [9.17, 15) is 4.79 Å². The van der Waals surface area contributed by atoms with Crippen molar-refractivity contribution in [1.29, 1.82) is 0 Å². The number of aromatic nitrogens is 1. The SMILES string of the molecule is CC[C@@H](C)c1ccc2oc(-c3ccc(NC(=O)c4ccc(I)cc4)cc3)nc2c1. The molecule has 0 aliphatic rings. The minimum atomic E-state index is -0.131. The number of rotatable bonds is 5. The fourth-order valence-corrected chi connectivity index (χ4v) is 3.47. The van der Waals surface area contributed by atoms with Crippen LogP contribution in [0.25, 0.3) is 22.6 Å². The van der Waals surface area contributed by atoms with Crippen molar-refractivity contribution in [2.75, 3.05) is 5.32 Å². The normalized spacial score (nSPS) is 12.1. The largest absolute Gasteiger partial charge is 0.436 e. The summed E-state index contributed by atoms with van der Waals surface area (Å²) in [6.45, 7) is 4.40. The van der Waals surface area contributed by atoms with Gasteiger partial charge in [0.25, 0.3) is 5.91 Å². The van der Waals surface area contributed by atoms with Crippen LogP contribution in [0.1, 0.15) is 42.1 Å². The zero-order valence-corrected chi connectivity index (χ0v) is 18.4. The van der Waals surface area contributed by atoms with Crippen molar-refractivity contribution in [3.8, 4) is 11.5 Å². The molecule has 29 heavy (non-hydrogen) atoms. The first-order valence-electron chi connectivity index (χ1n) is 9.61. The molecule has 4 aromatic rings. The number of carbonyl (C=O) groups is 1. The lowest BCUT2D eigenvalue weighted by molar-refractivity contribution is 0.102. The van der Waals surface area contributed by atoms with Gasteiger partial charge in [-0.05, 0) is 101 Å². The maximum atomic E-state index is 12.4. The van der Waals surface area contributed by atoms with Crippen LogP contribution in [0.3, 0.4) is 0 Å². The number of nitrogens with one attached hydrogen (secondary N) is 1. The summed E-state index contributed by atoms with van der Waals surface area (Å²) in [5.41, 5.74) is 5.15. The number of amides is 1. The molecule has 1 N–H and O–H groups in total. The van der Waals surface area contributed by atoms with E-state index in [0.29, 0.717) is 17.4 Å². The third-order valence-corrected chi connectivity index (χ3v) is 5.81. The quantitative estimate of drug-likeness (QED) is 0.307. The fourth-order valence-electron chi connectivity index (χ4n) is 3.11. The second-order valence-corrected chi connectivity index (χ2v) is 8.34. The summed E-state index contributed by atoms with van der Waals surface area (Å²) in [6.07, 6.45) is 1.09. The molecule has 1 amide bonds. The second kappa shape index (κ2) is 8.37. The van der Waals surface area contributed by atoms with Gasteiger partial charge >= 0.3 is 0 Å². The molecule has 0 bridgehead atoms. The van der Waals surface area contributed by atoms with Gasteiger partial charge < -0.3 is 9.73 Å². The molecular weight excluding hydrogens is 475 g/mol. The lowest BCUT2D eigenvalue weighted by atomic mass is 9.98. The molecule has 1 aromatic heterocycles. The molecular formula is C24H21IN2O2. The highest BCUT2D eigenvalue weighted by Crippen LogP contribution is 2.28. The van der Waals surface area contributed by atoms with Gasteiger partial charge in [0.2, 0.25) is 5.89 Å². The van der Waals surface area contributed by atoms with Crippen molar-refractivity contribution in [1.82, 2.24) is 4.98 Å². The number of hydrogen-bond donors (Lipinski definition) is 1. The number of carbonyl (C=O) groups excluding carboxylic acids is 1. The van der Waals surface area contributed by atoms with Crippen LogP contribution < -0.4 is 5.32 Å². The zero-order valence-electron chi connectivity index (χ0n) is 16.3. The number of oxazole rings is 1. The lowest BCUT2D eigenvalue weighted by Gasteiger charge is -2.07. The average Bonchev–Trinajstić information content (AvgIpc) is 3.17. The summed E-state index contributed by atoms with van der Waals surface area (Å²) >= 11 is 2.22. The molecule has 0 saturated heterocycles. The van der Waals surface area contributed by atoms with Crippen LogP contribution in [-0.2, 0) is 0 Å². The van der Waals surface area contributed by atoms with Gasteiger partial charge in [0.05, 0.1) is 0 Å². The Morgan fingerprint density at radius 3 is 2.48 bits per heavy atom. The minimum absolute atomic E-state index is 0.131. The lowest BCUT2D eigenvalue weighted by Crippen LogP contribution is -2.11. The van der Waals surface area contributed by atoms with Crippen LogP contribution in [0.4, 0.5) is 5.69 Å². The Bertz CT molecular complexity index is 1150. The Morgan fingerprint density at radius 1 is 1.07 bits per heavy atom. The van der Waals surface area contributed by atoms with Crippen LogP contribution >= 0.6 is 22.6 Å². The molecule has 4 nitrogen and oxygen atoms in total. The molecule has 0 saturated carbocycles. The first-order chi connectivity index (χ1) is 14.0. The van der Waals surface area contributed by atoms with E-state index in [2.05, 4.69) is 58.9 Å². The Kier molecular flexibility index (Phi) is 5.67. The molecule has 4 rings (SSSR count). The molecule has 1 atom stereocenters. The Hall–Kier alpha value is -2.67. The topological polar surface area (TPSA) is 55.1 Å². The van der Waals surface area contributed by atoms with E-state index in [1.807, 2.05) is 54.6 Å². The Labute approximate surface area is 183 Å². The van der Waals surface area contributed by atoms with Crippen LogP contribution in [-0.4, -0.2) is 10.9 Å². The molecule has 0 aliphatic heterocycles. The van der Waals surface area contributed by atoms with Crippen molar-refractivity contribution in [2.24, 2.45) is 0 Å². The highest BCUT2D eigenvalue weighted by Gasteiger charge is 2.12. The van der Waals surface area contributed by atoms with E-state index in [4.69, 9.17) is 4.42 Å². The molecule has 1 heterocycles. The zero-order chi connectivity index (χ0) is 20.4. The van der Waals surface area contributed by atoms with Crippen LogP contribution in [0, 0.1) is 3.57 Å². The van der Waals surface area contributed by atoms with E-state index in [1.165, 1.54) is 5.56 Å². The Balaban J connectivity index is 1.52. The van der Waals surface area contributed by atoms with Crippen LogP contribution in [0.5, 0.6) is 0 Å². The third-order valence-electron chi connectivity index (χ3n) is 5.09. The minimum Gasteiger partial charge on any atom is -0.436 e. The number of benzene rings is 3. The molecule has 146 valence electrons. The summed E-state index contributed by atoms with van der Waals surface area (Å²) in [7, 11) is 0. The maximum Gasteiger partial charge on any atom is 0.255 e. The first-order valence-corrected chi connectivity index (χ1v) is 10.7. The van der Waals surface area contributed by atoms with E-state index in [-0.39, 0.29) is 5.91 Å². The van der Waals surface area contributed by atoms with Gasteiger partial charge in [-0.1, -0.05) is 19.9 Å². The number of halogens is 1. The molecule has 0 fully saturated rings. The van der Waals surface area contributed by atoms with Crippen LogP contribution in [0.15, 0.2) is 71.1 Å². The maximum absolute atomic E-state index is 12.4. The van der Waals surface area contributed by atoms with Gasteiger partial charge in [-0.2, -0.15) is 0 Å². The predicted molar refractivity (Wildman–Crippen MR) is 125 cm³/mol. The number of hydrogen-bond acceptors (Lipinski definition) is 3. The van der Waals surface area contributed by atoms with Crippen molar-refractivity contribution in [3.05, 3.63) is 81.4 Å². The summed E-state index contributed by atoms with van der Waals surface area (Å²) in [5, 5.41) is 2.92. The highest BCUT2D eigenvalue weighted by atomic mass is 127. The van der Waals surface area contributed by atoms with Crippen molar-refractivity contribution in [2.45, 2.75) is 26.2 Å². The Morgan fingerprint density at radius 2 is 1.79 bits per heavy atom. The molecule has 5 heteroatoms. The number of anilines is 1. The van der Waals surface area contributed by atoms with Gasteiger partial charge in [0, 0.05) is 20.4 Å². The monoisotopic (exact) mass is 496 g/mol. The summed E-state index contributed by atoms with van der Waals surface area (Å²) in [6, 6.07) is 21.2. The summed E-state index contributed by atoms with van der Waals surface area (Å²) in [4.78, 5) is 17.0.